The highest BCUT2D eigenvalue weighted by molar-refractivity contribution is 6.33. The Morgan fingerprint density at radius 1 is 0.862 bits per heavy atom. The molecule has 4 rings (SSSR count). The van der Waals surface area contributed by atoms with Crippen LogP contribution in [0.4, 0.5) is 13.2 Å². The van der Waals surface area contributed by atoms with Gasteiger partial charge in [0.1, 0.15) is 5.69 Å². The first kappa shape index (κ1) is 19.5. The van der Waals surface area contributed by atoms with Crippen LogP contribution in [-0.4, -0.2) is 14.8 Å². The maximum atomic E-state index is 13.1. The summed E-state index contributed by atoms with van der Waals surface area (Å²) in [5.41, 5.74) is 1.21. The zero-order valence-electron chi connectivity index (χ0n) is 14.8. The number of alkyl halides is 3. The first-order chi connectivity index (χ1) is 13.7. The van der Waals surface area contributed by atoms with E-state index in [0.717, 1.165) is 12.1 Å². The van der Waals surface area contributed by atoms with Crippen molar-refractivity contribution in [3.63, 3.8) is 0 Å². The molecular weight excluding hydrogens is 426 g/mol. The van der Waals surface area contributed by atoms with Gasteiger partial charge in [0.25, 0.3) is 5.89 Å². The smallest absolute Gasteiger partial charge is 0.415 e. The predicted octanol–water partition coefficient (Wildman–Crippen LogP) is 6.73. The number of halogens is 5. The van der Waals surface area contributed by atoms with Gasteiger partial charge in [0.2, 0.25) is 5.89 Å². The van der Waals surface area contributed by atoms with Gasteiger partial charge in [0.05, 0.1) is 5.56 Å². The fraction of sp³-hybridized carbons (Fsp3) is 0.100. The highest BCUT2D eigenvalue weighted by Gasteiger charge is 2.31. The summed E-state index contributed by atoms with van der Waals surface area (Å²) in [5.74, 6) is 0.531. The summed E-state index contributed by atoms with van der Waals surface area (Å²) in [6.45, 7) is 0. The molecule has 0 fully saturated rings. The van der Waals surface area contributed by atoms with E-state index in [1.54, 1.807) is 48.0 Å². The predicted molar refractivity (Wildman–Crippen MR) is 105 cm³/mol. The van der Waals surface area contributed by atoms with Crippen molar-refractivity contribution in [3.8, 4) is 34.3 Å². The molecule has 148 valence electrons. The van der Waals surface area contributed by atoms with Gasteiger partial charge in [-0.3, -0.25) is 0 Å². The Balaban J connectivity index is 1.73. The molecule has 0 bridgehead atoms. The van der Waals surface area contributed by atoms with E-state index >= 15 is 0 Å². The molecule has 0 saturated heterocycles. The monoisotopic (exact) mass is 437 g/mol. The second kappa shape index (κ2) is 7.24. The number of hydrogen-bond acceptors (Lipinski definition) is 3. The van der Waals surface area contributed by atoms with Crippen LogP contribution < -0.4 is 0 Å². The molecule has 0 spiro atoms. The Morgan fingerprint density at radius 3 is 2.21 bits per heavy atom. The molecule has 0 aliphatic rings. The molecule has 0 atom stereocenters. The van der Waals surface area contributed by atoms with Crippen molar-refractivity contribution in [1.82, 2.24) is 14.8 Å². The van der Waals surface area contributed by atoms with Gasteiger partial charge >= 0.3 is 6.18 Å². The van der Waals surface area contributed by atoms with Crippen LogP contribution in [0.2, 0.25) is 10.0 Å². The lowest BCUT2D eigenvalue weighted by molar-refractivity contribution is -0.137. The zero-order chi connectivity index (χ0) is 20.8. The SMILES string of the molecule is Cn1c(-c2nnc(-c3ccc(Cl)cc3)o2)ccc1-c1cc(C(F)(F)F)ccc1Cl. The normalized spacial score (nSPS) is 11.8. The van der Waals surface area contributed by atoms with Crippen LogP contribution in [0.3, 0.4) is 0 Å². The third kappa shape index (κ3) is 3.75. The molecule has 2 aromatic heterocycles. The van der Waals surface area contributed by atoms with Gasteiger partial charge in [-0.1, -0.05) is 23.2 Å². The van der Waals surface area contributed by atoms with Crippen molar-refractivity contribution in [2.75, 3.05) is 0 Å². The van der Waals surface area contributed by atoms with Crippen LogP contribution in [0.5, 0.6) is 0 Å². The summed E-state index contributed by atoms with van der Waals surface area (Å²) >= 11 is 12.0. The summed E-state index contributed by atoms with van der Waals surface area (Å²) in [7, 11) is 1.69. The second-order valence-electron chi connectivity index (χ2n) is 6.27. The minimum atomic E-state index is -4.46. The average Bonchev–Trinajstić information content (AvgIpc) is 3.29. The van der Waals surface area contributed by atoms with E-state index in [9.17, 15) is 13.2 Å². The van der Waals surface area contributed by atoms with Gasteiger partial charge < -0.3 is 8.98 Å². The Morgan fingerprint density at radius 2 is 1.52 bits per heavy atom. The van der Waals surface area contributed by atoms with E-state index in [-0.39, 0.29) is 16.5 Å². The molecule has 2 aromatic carbocycles. The molecule has 0 N–H and O–H groups in total. The zero-order valence-corrected chi connectivity index (χ0v) is 16.3. The molecule has 0 saturated carbocycles. The summed E-state index contributed by atoms with van der Waals surface area (Å²) < 4.78 is 46.6. The van der Waals surface area contributed by atoms with E-state index in [1.165, 1.54) is 6.07 Å². The molecule has 0 unspecified atom stereocenters. The van der Waals surface area contributed by atoms with Gasteiger partial charge in [0, 0.05) is 33.9 Å². The van der Waals surface area contributed by atoms with Crippen molar-refractivity contribution in [2.24, 2.45) is 7.05 Å². The van der Waals surface area contributed by atoms with Crippen molar-refractivity contribution >= 4 is 23.2 Å². The average molecular weight is 438 g/mol. The molecule has 0 aliphatic carbocycles. The lowest BCUT2D eigenvalue weighted by atomic mass is 10.1. The second-order valence-corrected chi connectivity index (χ2v) is 7.12. The maximum Gasteiger partial charge on any atom is 0.416 e. The van der Waals surface area contributed by atoms with Crippen LogP contribution in [0, 0.1) is 0 Å². The summed E-state index contributed by atoms with van der Waals surface area (Å²) in [6, 6.07) is 13.5. The molecular formula is C20H12Cl2F3N3O. The molecule has 9 heteroatoms. The molecule has 4 aromatic rings. The first-order valence-electron chi connectivity index (χ1n) is 8.36. The van der Waals surface area contributed by atoms with Crippen molar-refractivity contribution in [2.45, 2.75) is 6.18 Å². The molecule has 0 aliphatic heterocycles. The third-order valence-electron chi connectivity index (χ3n) is 4.43. The van der Waals surface area contributed by atoms with E-state index in [0.29, 0.717) is 27.9 Å². The Labute approximate surface area is 173 Å². The Bertz CT molecular complexity index is 1180. The van der Waals surface area contributed by atoms with Crippen LogP contribution in [0.1, 0.15) is 5.56 Å². The van der Waals surface area contributed by atoms with Crippen LogP contribution in [-0.2, 0) is 13.2 Å². The quantitative estimate of drug-likeness (QED) is 0.356. The number of rotatable bonds is 3. The highest BCUT2D eigenvalue weighted by Crippen LogP contribution is 2.37. The van der Waals surface area contributed by atoms with Crippen molar-refractivity contribution in [3.05, 3.63) is 70.2 Å². The topological polar surface area (TPSA) is 43.9 Å². The summed E-state index contributed by atoms with van der Waals surface area (Å²) in [6.07, 6.45) is -4.46. The summed E-state index contributed by atoms with van der Waals surface area (Å²) in [4.78, 5) is 0. The number of hydrogen-bond donors (Lipinski definition) is 0. The van der Waals surface area contributed by atoms with Crippen LogP contribution in [0.25, 0.3) is 34.3 Å². The van der Waals surface area contributed by atoms with Gasteiger partial charge in [0.15, 0.2) is 0 Å². The standard InChI is InChI=1S/C20H12Cl2F3N3O/c1-28-16(14-10-12(20(23,24)25)4-7-15(14)22)8-9-17(28)19-27-26-18(29-19)11-2-5-13(21)6-3-11/h2-10H,1H3. The maximum absolute atomic E-state index is 13.1. The lowest BCUT2D eigenvalue weighted by Gasteiger charge is -2.12. The van der Waals surface area contributed by atoms with E-state index < -0.39 is 11.7 Å². The van der Waals surface area contributed by atoms with Crippen molar-refractivity contribution in [1.29, 1.82) is 0 Å². The highest BCUT2D eigenvalue weighted by atomic mass is 35.5. The Kier molecular flexibility index (Phi) is 4.88. The summed E-state index contributed by atoms with van der Waals surface area (Å²) in [5, 5.41) is 8.87. The minimum Gasteiger partial charge on any atom is -0.415 e. The number of benzene rings is 2. The first-order valence-corrected chi connectivity index (χ1v) is 9.12. The lowest BCUT2D eigenvalue weighted by Crippen LogP contribution is -2.05. The van der Waals surface area contributed by atoms with Gasteiger partial charge in [-0.15, -0.1) is 10.2 Å². The Hall–Kier alpha value is -2.77. The molecule has 0 radical (unpaired) electrons. The van der Waals surface area contributed by atoms with Crippen LogP contribution in [0.15, 0.2) is 59.0 Å². The van der Waals surface area contributed by atoms with Crippen molar-refractivity contribution < 1.29 is 17.6 Å². The van der Waals surface area contributed by atoms with Gasteiger partial charge in [-0.25, -0.2) is 0 Å². The van der Waals surface area contributed by atoms with Gasteiger partial charge in [-0.2, -0.15) is 13.2 Å². The van der Waals surface area contributed by atoms with Crippen LogP contribution >= 0.6 is 23.2 Å². The minimum absolute atomic E-state index is 0.207. The van der Waals surface area contributed by atoms with E-state index in [1.807, 2.05) is 0 Å². The van der Waals surface area contributed by atoms with Gasteiger partial charge in [-0.05, 0) is 54.6 Å². The largest absolute Gasteiger partial charge is 0.416 e. The molecule has 29 heavy (non-hydrogen) atoms. The van der Waals surface area contributed by atoms with E-state index in [2.05, 4.69) is 10.2 Å². The molecule has 0 amide bonds. The molecule has 2 heterocycles. The number of nitrogens with zero attached hydrogens (tertiary/aromatic N) is 3. The molecule has 4 nitrogen and oxygen atoms in total. The number of aromatic nitrogens is 3. The van der Waals surface area contributed by atoms with E-state index in [4.69, 9.17) is 27.6 Å². The third-order valence-corrected chi connectivity index (χ3v) is 5.01. The fourth-order valence-electron chi connectivity index (χ4n) is 2.93. The fourth-order valence-corrected chi connectivity index (χ4v) is 3.27.